The summed E-state index contributed by atoms with van der Waals surface area (Å²) >= 11 is 0. The van der Waals surface area contributed by atoms with Gasteiger partial charge in [-0.3, -0.25) is 4.79 Å². The molecule has 0 unspecified atom stereocenters. The van der Waals surface area contributed by atoms with Crippen LogP contribution >= 0.6 is 0 Å². The summed E-state index contributed by atoms with van der Waals surface area (Å²) in [7, 11) is 0. The van der Waals surface area contributed by atoms with Crippen molar-refractivity contribution in [1.82, 2.24) is 4.90 Å². The molecular weight excluding hydrogens is 261 g/mol. The van der Waals surface area contributed by atoms with Gasteiger partial charge in [0.25, 0.3) is 0 Å². The number of hydrogen-bond acceptors (Lipinski definition) is 3. The van der Waals surface area contributed by atoms with E-state index in [4.69, 9.17) is 4.74 Å². The summed E-state index contributed by atoms with van der Waals surface area (Å²) < 4.78 is 18.9. The monoisotopic (exact) mass is 279 g/mol. The molecule has 1 heterocycles. The number of hydrogen-bond donors (Lipinski definition) is 0. The Kier molecular flexibility index (Phi) is 4.06. The quantitative estimate of drug-likeness (QED) is 0.780. The number of benzene rings is 1. The Labute approximate surface area is 117 Å². The molecule has 0 aliphatic carbocycles. The average molecular weight is 279 g/mol. The van der Waals surface area contributed by atoms with E-state index in [9.17, 15) is 14.0 Å². The Morgan fingerprint density at radius 3 is 2.40 bits per heavy atom. The van der Waals surface area contributed by atoms with Crippen LogP contribution in [0.15, 0.2) is 12.1 Å². The first-order valence-electron chi connectivity index (χ1n) is 6.61. The van der Waals surface area contributed by atoms with Gasteiger partial charge in [-0.05, 0) is 37.1 Å². The van der Waals surface area contributed by atoms with Crippen molar-refractivity contribution in [1.29, 1.82) is 0 Å². The van der Waals surface area contributed by atoms with Crippen LogP contribution in [0.25, 0.3) is 0 Å². The van der Waals surface area contributed by atoms with Gasteiger partial charge in [-0.25, -0.2) is 9.18 Å². The first-order chi connectivity index (χ1) is 9.38. The maximum absolute atomic E-state index is 13.5. The highest BCUT2D eigenvalue weighted by Crippen LogP contribution is 2.18. The van der Waals surface area contributed by atoms with E-state index < -0.39 is 5.97 Å². The van der Waals surface area contributed by atoms with Crippen LogP contribution in [-0.2, 0) is 9.53 Å². The summed E-state index contributed by atoms with van der Waals surface area (Å²) in [6.07, 6.45) is 0.363. The van der Waals surface area contributed by atoms with Crippen LogP contribution in [0.1, 0.15) is 34.8 Å². The number of halogens is 1. The van der Waals surface area contributed by atoms with E-state index in [1.165, 1.54) is 19.1 Å². The summed E-state index contributed by atoms with van der Waals surface area (Å²) in [5.41, 5.74) is 1.20. The number of esters is 1. The molecule has 0 spiro atoms. The maximum atomic E-state index is 13.5. The Bertz CT molecular complexity index is 533. The van der Waals surface area contributed by atoms with E-state index >= 15 is 0 Å². The molecule has 5 heteroatoms. The molecule has 20 heavy (non-hydrogen) atoms. The minimum atomic E-state index is -0.466. The molecule has 0 aromatic heterocycles. The molecule has 1 atom stereocenters. The number of carbonyl (C=O) groups excluding carboxylic acids is 2. The molecule has 1 aromatic rings. The first kappa shape index (κ1) is 14.5. The molecule has 0 bridgehead atoms. The van der Waals surface area contributed by atoms with Gasteiger partial charge in [0, 0.05) is 19.9 Å². The molecule has 1 amide bonds. The predicted octanol–water partition coefficient (Wildman–Crippen LogP) is 2.22. The number of nitrogens with zero attached hydrogens (tertiary/aromatic N) is 1. The Hall–Kier alpha value is -1.91. The minimum Gasteiger partial charge on any atom is -0.457 e. The number of rotatable bonds is 2. The number of aryl methyl sites for hydroxylation is 2. The Morgan fingerprint density at radius 1 is 1.30 bits per heavy atom. The van der Waals surface area contributed by atoms with Crippen molar-refractivity contribution in [3.8, 4) is 0 Å². The lowest BCUT2D eigenvalue weighted by molar-refractivity contribution is -0.128. The van der Waals surface area contributed by atoms with Crippen LogP contribution < -0.4 is 0 Å². The van der Waals surface area contributed by atoms with Gasteiger partial charge in [0.1, 0.15) is 11.9 Å². The van der Waals surface area contributed by atoms with Crippen LogP contribution in [0, 0.1) is 19.7 Å². The molecule has 0 N–H and O–H groups in total. The summed E-state index contributed by atoms with van der Waals surface area (Å²) in [5.74, 6) is -0.784. The van der Waals surface area contributed by atoms with Crippen molar-refractivity contribution in [3.63, 3.8) is 0 Å². The molecule has 1 fully saturated rings. The van der Waals surface area contributed by atoms with Crippen LogP contribution in [0.4, 0.5) is 4.39 Å². The summed E-state index contributed by atoms with van der Waals surface area (Å²) in [6.45, 7) is 5.77. The van der Waals surface area contributed by atoms with Gasteiger partial charge < -0.3 is 9.64 Å². The molecule has 1 aromatic carbocycles. The zero-order valence-electron chi connectivity index (χ0n) is 11.9. The topological polar surface area (TPSA) is 46.6 Å². The average Bonchev–Trinajstić information content (AvgIpc) is 2.84. The second kappa shape index (κ2) is 5.61. The second-order valence-electron chi connectivity index (χ2n) is 5.21. The van der Waals surface area contributed by atoms with Gasteiger partial charge in [-0.2, -0.15) is 0 Å². The molecule has 4 nitrogen and oxygen atoms in total. The minimum absolute atomic E-state index is 0.0166. The largest absolute Gasteiger partial charge is 0.457 e. The van der Waals surface area contributed by atoms with Gasteiger partial charge >= 0.3 is 5.97 Å². The number of carbonyl (C=O) groups is 2. The number of ether oxygens (including phenoxy) is 1. The summed E-state index contributed by atoms with van der Waals surface area (Å²) in [5, 5.41) is 0. The zero-order valence-corrected chi connectivity index (χ0v) is 11.9. The molecule has 0 radical (unpaired) electrons. The van der Waals surface area contributed by atoms with E-state index in [0.29, 0.717) is 36.2 Å². The van der Waals surface area contributed by atoms with E-state index in [-0.39, 0.29) is 17.8 Å². The first-order valence-corrected chi connectivity index (χ1v) is 6.61. The standard InChI is InChI=1S/C15H18FNO3/c1-9-6-12(7-10(2)14(9)16)15(19)20-13-4-5-17(8-13)11(3)18/h6-7,13H,4-5,8H2,1-3H3/t13-/m1/s1. The third-order valence-corrected chi connectivity index (χ3v) is 3.54. The number of likely N-dealkylation sites (tertiary alicyclic amines) is 1. The summed E-state index contributed by atoms with van der Waals surface area (Å²) in [6, 6.07) is 2.98. The molecule has 2 rings (SSSR count). The van der Waals surface area contributed by atoms with E-state index in [1.807, 2.05) is 0 Å². The van der Waals surface area contributed by atoms with Crippen molar-refractivity contribution in [3.05, 3.63) is 34.6 Å². The van der Waals surface area contributed by atoms with Crippen LogP contribution in [0.3, 0.4) is 0 Å². The Morgan fingerprint density at radius 2 is 1.90 bits per heavy atom. The van der Waals surface area contributed by atoms with Crippen molar-refractivity contribution in [2.24, 2.45) is 0 Å². The molecule has 108 valence electrons. The fraction of sp³-hybridized carbons (Fsp3) is 0.467. The van der Waals surface area contributed by atoms with Gasteiger partial charge in [0.15, 0.2) is 0 Å². The second-order valence-corrected chi connectivity index (χ2v) is 5.21. The van der Waals surface area contributed by atoms with Crippen LogP contribution in [-0.4, -0.2) is 36.0 Å². The predicted molar refractivity (Wildman–Crippen MR) is 71.9 cm³/mol. The smallest absolute Gasteiger partial charge is 0.338 e. The zero-order chi connectivity index (χ0) is 14.9. The fourth-order valence-corrected chi connectivity index (χ4v) is 2.39. The summed E-state index contributed by atoms with van der Waals surface area (Å²) in [4.78, 5) is 24.9. The third-order valence-electron chi connectivity index (χ3n) is 3.54. The van der Waals surface area contributed by atoms with Crippen molar-refractivity contribution in [2.75, 3.05) is 13.1 Å². The van der Waals surface area contributed by atoms with Crippen molar-refractivity contribution >= 4 is 11.9 Å². The van der Waals surface area contributed by atoms with Gasteiger partial charge in [0.2, 0.25) is 5.91 Å². The van der Waals surface area contributed by atoms with Gasteiger partial charge in [-0.1, -0.05) is 0 Å². The van der Waals surface area contributed by atoms with Crippen LogP contribution in [0.2, 0.25) is 0 Å². The lowest BCUT2D eigenvalue weighted by atomic mass is 10.1. The number of amides is 1. The van der Waals surface area contributed by atoms with E-state index in [2.05, 4.69) is 0 Å². The Balaban J connectivity index is 2.04. The van der Waals surface area contributed by atoms with Gasteiger partial charge in [-0.15, -0.1) is 0 Å². The fourth-order valence-electron chi connectivity index (χ4n) is 2.39. The lowest BCUT2D eigenvalue weighted by Gasteiger charge is -2.15. The SMILES string of the molecule is CC(=O)N1CC[C@@H](OC(=O)c2cc(C)c(F)c(C)c2)C1. The maximum Gasteiger partial charge on any atom is 0.338 e. The van der Waals surface area contributed by atoms with Crippen molar-refractivity contribution < 1.29 is 18.7 Å². The molecular formula is C15H18FNO3. The van der Waals surface area contributed by atoms with Gasteiger partial charge in [0.05, 0.1) is 12.1 Å². The normalized spacial score (nSPS) is 18.2. The molecule has 1 aliphatic heterocycles. The van der Waals surface area contributed by atoms with Crippen molar-refractivity contribution in [2.45, 2.75) is 33.3 Å². The van der Waals surface area contributed by atoms with Crippen LogP contribution in [0.5, 0.6) is 0 Å². The lowest BCUT2D eigenvalue weighted by Crippen LogP contribution is -2.28. The molecule has 1 aliphatic rings. The third kappa shape index (κ3) is 2.98. The molecule has 1 saturated heterocycles. The highest BCUT2D eigenvalue weighted by Gasteiger charge is 2.27. The highest BCUT2D eigenvalue weighted by atomic mass is 19.1. The van der Waals surface area contributed by atoms with E-state index in [1.54, 1.807) is 18.7 Å². The highest BCUT2D eigenvalue weighted by molar-refractivity contribution is 5.90. The van der Waals surface area contributed by atoms with E-state index in [0.717, 1.165) is 0 Å². The molecule has 0 saturated carbocycles.